The number of carbonyl (C=O) groups excluding carboxylic acids is 1. The predicted octanol–water partition coefficient (Wildman–Crippen LogP) is 0.794. The molecule has 1 fully saturated rings. The molecule has 1 aliphatic heterocycles. The topological polar surface area (TPSA) is 71.2 Å². The third-order valence-corrected chi connectivity index (χ3v) is 2.72. The van der Waals surface area contributed by atoms with Crippen LogP contribution in [0.4, 0.5) is 5.69 Å². The zero-order chi connectivity index (χ0) is 11.4. The monoisotopic (exact) mass is 220 g/mol. The zero-order valence-electron chi connectivity index (χ0n) is 9.15. The summed E-state index contributed by atoms with van der Waals surface area (Å²) in [6.45, 7) is 1.82. The molecule has 0 saturated carbocycles. The first-order chi connectivity index (χ1) is 7.77. The number of hydrazine groups is 1. The molecule has 0 aromatic carbocycles. The van der Waals surface area contributed by atoms with Crippen molar-refractivity contribution in [3.05, 3.63) is 24.0 Å². The fourth-order valence-electron chi connectivity index (χ4n) is 1.80. The highest BCUT2D eigenvalue weighted by molar-refractivity contribution is 5.98. The zero-order valence-corrected chi connectivity index (χ0v) is 9.15. The molecule has 5 nitrogen and oxygen atoms in total. The van der Waals surface area contributed by atoms with Crippen LogP contribution in [-0.2, 0) is 0 Å². The van der Waals surface area contributed by atoms with Crippen molar-refractivity contribution in [1.82, 2.24) is 15.4 Å². The van der Waals surface area contributed by atoms with E-state index in [9.17, 15) is 4.79 Å². The van der Waals surface area contributed by atoms with E-state index < -0.39 is 0 Å². The summed E-state index contributed by atoms with van der Waals surface area (Å²) < 4.78 is 0. The molecule has 1 amide bonds. The summed E-state index contributed by atoms with van der Waals surface area (Å²) >= 11 is 0. The molecule has 1 aliphatic rings. The van der Waals surface area contributed by atoms with Gasteiger partial charge in [-0.3, -0.25) is 15.2 Å². The first kappa shape index (κ1) is 10.9. The van der Waals surface area contributed by atoms with E-state index in [1.165, 1.54) is 12.6 Å². The van der Waals surface area contributed by atoms with E-state index in [1.54, 1.807) is 12.3 Å². The van der Waals surface area contributed by atoms with Crippen LogP contribution in [-0.4, -0.2) is 29.0 Å². The lowest BCUT2D eigenvalue weighted by Crippen LogP contribution is -2.45. The Kier molecular flexibility index (Phi) is 3.36. The maximum Gasteiger partial charge on any atom is 0.269 e. The quantitative estimate of drug-likeness (QED) is 0.773. The smallest absolute Gasteiger partial charge is 0.269 e. The van der Waals surface area contributed by atoms with Crippen LogP contribution in [0.1, 0.15) is 29.6 Å². The van der Waals surface area contributed by atoms with Gasteiger partial charge in [0.1, 0.15) is 0 Å². The minimum atomic E-state index is -0.174. The van der Waals surface area contributed by atoms with Crippen LogP contribution in [0.25, 0.3) is 0 Å². The van der Waals surface area contributed by atoms with Crippen molar-refractivity contribution in [2.75, 3.05) is 18.8 Å². The number of carbonyl (C=O) groups is 1. The van der Waals surface area contributed by atoms with E-state index in [0.29, 0.717) is 11.3 Å². The Hall–Kier alpha value is -1.62. The molecule has 5 heteroatoms. The largest absolute Gasteiger partial charge is 0.398 e. The molecule has 0 bridgehead atoms. The molecule has 16 heavy (non-hydrogen) atoms. The second kappa shape index (κ2) is 4.94. The van der Waals surface area contributed by atoms with Crippen molar-refractivity contribution in [2.45, 2.75) is 19.3 Å². The van der Waals surface area contributed by atoms with Gasteiger partial charge in [-0.25, -0.2) is 5.01 Å². The van der Waals surface area contributed by atoms with Gasteiger partial charge in [-0.2, -0.15) is 0 Å². The van der Waals surface area contributed by atoms with Crippen molar-refractivity contribution in [3.63, 3.8) is 0 Å². The second-order valence-corrected chi connectivity index (χ2v) is 3.95. The third-order valence-electron chi connectivity index (χ3n) is 2.72. The van der Waals surface area contributed by atoms with Crippen LogP contribution in [0.3, 0.4) is 0 Å². The maximum atomic E-state index is 11.9. The number of nitrogens with zero attached hydrogens (tertiary/aromatic N) is 2. The molecule has 1 saturated heterocycles. The molecule has 2 rings (SSSR count). The van der Waals surface area contributed by atoms with Crippen molar-refractivity contribution in [2.24, 2.45) is 0 Å². The molecule has 86 valence electrons. The van der Waals surface area contributed by atoms with E-state index in [-0.39, 0.29) is 5.91 Å². The number of piperidine rings is 1. The molecule has 2 heterocycles. The summed E-state index contributed by atoms with van der Waals surface area (Å²) in [7, 11) is 0. The second-order valence-electron chi connectivity index (χ2n) is 3.95. The summed E-state index contributed by atoms with van der Waals surface area (Å²) in [4.78, 5) is 15.8. The maximum absolute atomic E-state index is 11.9. The first-order valence-corrected chi connectivity index (χ1v) is 5.53. The molecule has 1 aromatic rings. The van der Waals surface area contributed by atoms with Gasteiger partial charge in [-0.15, -0.1) is 0 Å². The van der Waals surface area contributed by atoms with Gasteiger partial charge in [-0.1, -0.05) is 6.42 Å². The van der Waals surface area contributed by atoms with Gasteiger partial charge in [0.25, 0.3) is 5.91 Å². The van der Waals surface area contributed by atoms with Crippen LogP contribution >= 0.6 is 0 Å². The summed E-state index contributed by atoms with van der Waals surface area (Å²) in [6.07, 6.45) is 6.56. The van der Waals surface area contributed by atoms with E-state index in [0.717, 1.165) is 25.9 Å². The van der Waals surface area contributed by atoms with E-state index in [1.807, 2.05) is 5.01 Å². The van der Waals surface area contributed by atoms with Gasteiger partial charge in [0.15, 0.2) is 0 Å². The van der Waals surface area contributed by atoms with Crippen LogP contribution in [0, 0.1) is 0 Å². The molecule has 0 radical (unpaired) electrons. The highest BCUT2D eigenvalue weighted by Gasteiger charge is 2.15. The SMILES string of the molecule is Nc1ccncc1C(=O)NN1CCCCC1. The lowest BCUT2D eigenvalue weighted by atomic mass is 10.2. The summed E-state index contributed by atoms with van der Waals surface area (Å²) in [6, 6.07) is 1.63. The number of nitrogens with one attached hydrogen (secondary N) is 1. The van der Waals surface area contributed by atoms with Crippen LogP contribution in [0.15, 0.2) is 18.5 Å². The summed E-state index contributed by atoms with van der Waals surface area (Å²) in [5, 5.41) is 1.94. The van der Waals surface area contributed by atoms with Crippen molar-refractivity contribution < 1.29 is 4.79 Å². The molecular formula is C11H16N4O. The highest BCUT2D eigenvalue weighted by atomic mass is 16.2. The Morgan fingerprint density at radius 2 is 2.12 bits per heavy atom. The predicted molar refractivity (Wildman–Crippen MR) is 61.5 cm³/mol. The first-order valence-electron chi connectivity index (χ1n) is 5.53. The number of nitrogen functional groups attached to an aromatic ring is 1. The lowest BCUT2D eigenvalue weighted by molar-refractivity contribution is 0.0750. The van der Waals surface area contributed by atoms with Gasteiger partial charge < -0.3 is 5.73 Å². The Balaban J connectivity index is 2.00. The van der Waals surface area contributed by atoms with Crippen LogP contribution in [0.2, 0.25) is 0 Å². The number of anilines is 1. The third kappa shape index (κ3) is 2.49. The summed E-state index contributed by atoms with van der Waals surface area (Å²) in [5.41, 5.74) is 9.46. The standard InChI is InChI=1S/C11H16N4O/c12-10-4-5-13-8-9(10)11(16)14-15-6-2-1-3-7-15/h4-5,8H,1-3,6-7H2,(H2,12,13)(H,14,16). The lowest BCUT2D eigenvalue weighted by Gasteiger charge is -2.26. The van der Waals surface area contributed by atoms with Gasteiger partial charge in [-0.05, 0) is 18.9 Å². The molecule has 3 N–H and O–H groups in total. The number of nitrogens with two attached hydrogens (primary N) is 1. The average molecular weight is 220 g/mol. The van der Waals surface area contributed by atoms with Gasteiger partial charge in [0.05, 0.1) is 5.56 Å². The number of hydrogen-bond acceptors (Lipinski definition) is 4. The fraction of sp³-hybridized carbons (Fsp3) is 0.455. The Bertz CT molecular complexity index is 374. The van der Waals surface area contributed by atoms with Crippen molar-refractivity contribution >= 4 is 11.6 Å². The van der Waals surface area contributed by atoms with Crippen LogP contribution in [0.5, 0.6) is 0 Å². The average Bonchev–Trinajstić information content (AvgIpc) is 2.31. The van der Waals surface area contributed by atoms with Gasteiger partial charge in [0.2, 0.25) is 0 Å². The van der Waals surface area contributed by atoms with Crippen LogP contribution < -0.4 is 11.2 Å². The van der Waals surface area contributed by atoms with Gasteiger partial charge >= 0.3 is 0 Å². The Morgan fingerprint density at radius 1 is 1.38 bits per heavy atom. The minimum Gasteiger partial charge on any atom is -0.398 e. The molecule has 1 aromatic heterocycles. The number of pyridine rings is 1. The molecule has 0 atom stereocenters. The van der Waals surface area contributed by atoms with E-state index in [4.69, 9.17) is 5.73 Å². The fourth-order valence-corrected chi connectivity index (χ4v) is 1.80. The molecule has 0 aliphatic carbocycles. The molecule has 0 unspecified atom stereocenters. The normalized spacial score (nSPS) is 17.0. The number of amides is 1. The molecule has 0 spiro atoms. The Labute approximate surface area is 94.6 Å². The van der Waals surface area contributed by atoms with E-state index >= 15 is 0 Å². The van der Waals surface area contributed by atoms with E-state index in [2.05, 4.69) is 10.4 Å². The number of aromatic nitrogens is 1. The number of hydrogen-bond donors (Lipinski definition) is 2. The van der Waals surface area contributed by atoms with Crippen molar-refractivity contribution in [3.8, 4) is 0 Å². The minimum absolute atomic E-state index is 0.174. The highest BCUT2D eigenvalue weighted by Crippen LogP contribution is 2.10. The van der Waals surface area contributed by atoms with Gasteiger partial charge in [0, 0.05) is 31.2 Å². The Morgan fingerprint density at radius 3 is 2.81 bits per heavy atom. The number of rotatable bonds is 2. The van der Waals surface area contributed by atoms with Crippen molar-refractivity contribution in [1.29, 1.82) is 0 Å². The summed E-state index contributed by atoms with van der Waals surface area (Å²) in [5.74, 6) is -0.174. The molecular weight excluding hydrogens is 204 g/mol.